The lowest BCUT2D eigenvalue weighted by Crippen LogP contribution is -2.52. The van der Waals surface area contributed by atoms with Gasteiger partial charge in [-0.2, -0.15) is 0 Å². The molecule has 0 bridgehead atoms. The Morgan fingerprint density at radius 2 is 1.41 bits per heavy atom. The normalized spacial score (nSPS) is 53.6. The van der Waals surface area contributed by atoms with Crippen LogP contribution in [0.4, 0.5) is 0 Å². The third-order valence-electron chi connectivity index (χ3n) is 9.06. The lowest BCUT2D eigenvalue weighted by atomic mass is 9.45. The second-order valence-electron chi connectivity index (χ2n) is 9.43. The van der Waals surface area contributed by atoms with Gasteiger partial charge < -0.3 is 0 Å². The lowest BCUT2D eigenvalue weighted by Gasteiger charge is -2.60. The maximum absolute atomic E-state index is 2.70. The standard InChI is InChI=1S/C20H34.C2H6/c1-14-7-10-17-16-9-8-15-6-4-5-12-20(15,3)18(16)11-13-19(14,17)2;1-2/h14-18H,4-13H2,1-3H3;1-2H3. The first-order chi connectivity index (χ1) is 10.6. The minimum Gasteiger partial charge on any atom is -0.0683 e. The van der Waals surface area contributed by atoms with Crippen LogP contribution in [0.25, 0.3) is 0 Å². The molecule has 0 spiro atoms. The van der Waals surface area contributed by atoms with E-state index in [-0.39, 0.29) is 0 Å². The molecule has 4 saturated carbocycles. The molecular formula is C22H40. The van der Waals surface area contributed by atoms with Gasteiger partial charge in [0.25, 0.3) is 0 Å². The molecule has 4 rings (SSSR count). The van der Waals surface area contributed by atoms with Gasteiger partial charge in [0.05, 0.1) is 0 Å². The topological polar surface area (TPSA) is 0 Å². The van der Waals surface area contributed by atoms with Crippen molar-refractivity contribution in [2.24, 2.45) is 40.4 Å². The van der Waals surface area contributed by atoms with Crippen LogP contribution in [0.2, 0.25) is 0 Å². The van der Waals surface area contributed by atoms with Gasteiger partial charge >= 0.3 is 0 Å². The Bertz CT molecular complexity index is 385. The van der Waals surface area contributed by atoms with Gasteiger partial charge in [-0.3, -0.25) is 0 Å². The highest BCUT2D eigenvalue weighted by atomic mass is 14.6. The van der Waals surface area contributed by atoms with E-state index in [1.165, 1.54) is 19.3 Å². The van der Waals surface area contributed by atoms with Gasteiger partial charge in [0.2, 0.25) is 0 Å². The van der Waals surface area contributed by atoms with E-state index in [9.17, 15) is 0 Å². The summed E-state index contributed by atoms with van der Waals surface area (Å²) in [6.07, 6.45) is 15.5. The summed E-state index contributed by atoms with van der Waals surface area (Å²) in [5.41, 5.74) is 1.44. The molecule has 0 N–H and O–H groups in total. The van der Waals surface area contributed by atoms with Crippen LogP contribution in [0, 0.1) is 40.4 Å². The van der Waals surface area contributed by atoms with Crippen LogP contribution in [0.5, 0.6) is 0 Å². The molecule has 0 heterocycles. The molecule has 0 aromatic heterocycles. The molecule has 22 heavy (non-hydrogen) atoms. The van der Waals surface area contributed by atoms with Crippen molar-refractivity contribution in [3.05, 3.63) is 0 Å². The van der Waals surface area contributed by atoms with E-state index in [4.69, 9.17) is 0 Å². The Kier molecular flexibility index (Phi) is 4.70. The average Bonchev–Trinajstić information content (AvgIpc) is 2.84. The molecule has 0 aromatic carbocycles. The molecule has 0 saturated heterocycles. The molecule has 0 heteroatoms. The van der Waals surface area contributed by atoms with Gasteiger partial charge in [-0.25, -0.2) is 0 Å². The molecule has 0 aromatic rings. The predicted molar refractivity (Wildman–Crippen MR) is 96.9 cm³/mol. The third-order valence-corrected chi connectivity index (χ3v) is 9.06. The number of hydrogen-bond acceptors (Lipinski definition) is 0. The van der Waals surface area contributed by atoms with Crippen molar-refractivity contribution in [2.45, 2.75) is 98.8 Å². The Labute approximate surface area is 139 Å². The van der Waals surface area contributed by atoms with E-state index in [1.54, 1.807) is 44.9 Å². The zero-order valence-corrected chi connectivity index (χ0v) is 16.0. The van der Waals surface area contributed by atoms with Crippen molar-refractivity contribution in [1.29, 1.82) is 0 Å². The second kappa shape index (κ2) is 6.14. The Morgan fingerprint density at radius 3 is 2.18 bits per heavy atom. The fourth-order valence-electron chi connectivity index (χ4n) is 7.56. The molecule has 4 aliphatic rings. The minimum atomic E-state index is 0.707. The quantitative estimate of drug-likeness (QED) is 0.448. The highest BCUT2D eigenvalue weighted by Crippen LogP contribution is 2.67. The summed E-state index contributed by atoms with van der Waals surface area (Å²) in [6, 6.07) is 0. The first kappa shape index (κ1) is 16.8. The summed E-state index contributed by atoms with van der Waals surface area (Å²) in [7, 11) is 0. The van der Waals surface area contributed by atoms with Crippen LogP contribution in [0.3, 0.4) is 0 Å². The van der Waals surface area contributed by atoms with Crippen LogP contribution < -0.4 is 0 Å². The summed E-state index contributed by atoms with van der Waals surface area (Å²) in [5.74, 6) is 5.34. The van der Waals surface area contributed by atoms with Gasteiger partial charge in [0.15, 0.2) is 0 Å². The van der Waals surface area contributed by atoms with Crippen LogP contribution in [-0.2, 0) is 0 Å². The molecule has 0 amide bonds. The molecule has 7 unspecified atom stereocenters. The van der Waals surface area contributed by atoms with Gasteiger partial charge in [-0.05, 0) is 91.8 Å². The maximum Gasteiger partial charge on any atom is -0.0266 e. The van der Waals surface area contributed by atoms with Crippen molar-refractivity contribution in [2.75, 3.05) is 0 Å². The molecule has 128 valence electrons. The van der Waals surface area contributed by atoms with Crippen molar-refractivity contribution in [1.82, 2.24) is 0 Å². The molecule has 0 nitrogen and oxygen atoms in total. The molecule has 7 atom stereocenters. The molecule has 4 fully saturated rings. The first-order valence-corrected chi connectivity index (χ1v) is 10.6. The Hall–Kier alpha value is 0. The maximum atomic E-state index is 2.70. The summed E-state index contributed by atoms with van der Waals surface area (Å²) in [6.45, 7) is 11.9. The van der Waals surface area contributed by atoms with E-state index < -0.39 is 0 Å². The van der Waals surface area contributed by atoms with E-state index in [2.05, 4.69) is 20.8 Å². The van der Waals surface area contributed by atoms with Crippen LogP contribution in [-0.4, -0.2) is 0 Å². The van der Waals surface area contributed by atoms with E-state index >= 15 is 0 Å². The monoisotopic (exact) mass is 304 g/mol. The van der Waals surface area contributed by atoms with E-state index in [1.807, 2.05) is 13.8 Å². The Morgan fingerprint density at radius 1 is 0.682 bits per heavy atom. The van der Waals surface area contributed by atoms with Gasteiger partial charge in [-0.15, -0.1) is 0 Å². The fourth-order valence-corrected chi connectivity index (χ4v) is 7.56. The zero-order valence-electron chi connectivity index (χ0n) is 16.0. The lowest BCUT2D eigenvalue weighted by molar-refractivity contribution is -0.109. The van der Waals surface area contributed by atoms with Crippen LogP contribution >= 0.6 is 0 Å². The van der Waals surface area contributed by atoms with E-state index in [0.717, 1.165) is 35.0 Å². The molecule has 0 radical (unpaired) electrons. The molecular weight excluding hydrogens is 264 g/mol. The highest BCUT2D eigenvalue weighted by molar-refractivity contribution is 5.07. The molecule has 0 aliphatic heterocycles. The zero-order chi connectivity index (χ0) is 16.0. The summed E-state index contributed by atoms with van der Waals surface area (Å²) >= 11 is 0. The van der Waals surface area contributed by atoms with Gasteiger partial charge in [0.1, 0.15) is 0 Å². The van der Waals surface area contributed by atoms with Crippen molar-refractivity contribution in [3.8, 4) is 0 Å². The van der Waals surface area contributed by atoms with Gasteiger partial charge in [0, 0.05) is 0 Å². The summed E-state index contributed by atoms with van der Waals surface area (Å²) in [4.78, 5) is 0. The molecule has 4 aliphatic carbocycles. The van der Waals surface area contributed by atoms with Crippen molar-refractivity contribution >= 4 is 0 Å². The number of fused-ring (bicyclic) bond motifs is 5. The van der Waals surface area contributed by atoms with Crippen LogP contribution in [0.1, 0.15) is 98.8 Å². The highest BCUT2D eigenvalue weighted by Gasteiger charge is 2.58. The number of rotatable bonds is 0. The Balaban J connectivity index is 0.000000693. The van der Waals surface area contributed by atoms with Crippen LogP contribution in [0.15, 0.2) is 0 Å². The summed E-state index contributed by atoms with van der Waals surface area (Å²) in [5, 5.41) is 0. The van der Waals surface area contributed by atoms with Crippen molar-refractivity contribution in [3.63, 3.8) is 0 Å². The SMILES string of the molecule is CC.CC1CCC2C3CCC4CCCCC4(C)C3CCC12C. The summed E-state index contributed by atoms with van der Waals surface area (Å²) < 4.78 is 0. The predicted octanol–water partition coefficient (Wildman–Crippen LogP) is 7.08. The average molecular weight is 305 g/mol. The van der Waals surface area contributed by atoms with E-state index in [0.29, 0.717) is 5.41 Å². The fraction of sp³-hybridized carbons (Fsp3) is 1.00. The second-order valence-corrected chi connectivity index (χ2v) is 9.43. The van der Waals surface area contributed by atoms with Gasteiger partial charge in [-0.1, -0.05) is 47.5 Å². The van der Waals surface area contributed by atoms with Crippen molar-refractivity contribution < 1.29 is 0 Å². The third kappa shape index (κ3) is 2.30. The minimum absolute atomic E-state index is 0.707. The first-order valence-electron chi connectivity index (χ1n) is 10.6. The smallest absolute Gasteiger partial charge is 0.0266 e. The number of hydrogen-bond donors (Lipinski definition) is 0. The largest absolute Gasteiger partial charge is 0.0683 e.